The van der Waals surface area contributed by atoms with Crippen molar-refractivity contribution in [2.24, 2.45) is 0 Å². The number of nitrogens with one attached hydrogen (secondary N) is 2. The number of hydrogen-bond acceptors (Lipinski definition) is 12. The average molecular weight is 498 g/mol. The van der Waals surface area contributed by atoms with Crippen LogP contribution in [0.2, 0.25) is 0 Å². The fraction of sp³-hybridized carbons (Fsp3) is 0.391. The quantitative estimate of drug-likeness (QED) is 0.263. The Hall–Kier alpha value is -4.10. The van der Waals surface area contributed by atoms with E-state index < -0.39 is 10.5 Å². The number of nitrogens with zero attached hydrogens (tertiary/aromatic N) is 7. The van der Waals surface area contributed by atoms with Gasteiger partial charge in [-0.05, 0) is 40.1 Å². The first-order valence-electron chi connectivity index (χ1n) is 11.1. The molecule has 0 amide bonds. The number of nitro benzene ring substituents is 1. The summed E-state index contributed by atoms with van der Waals surface area (Å²) < 4.78 is 5.50. The highest BCUT2D eigenvalue weighted by Gasteiger charge is 2.24. The number of hydrogen-bond donors (Lipinski definition) is 3. The number of benzene rings is 1. The Morgan fingerprint density at radius 2 is 1.75 bits per heavy atom. The predicted molar refractivity (Wildman–Crippen MR) is 137 cm³/mol. The van der Waals surface area contributed by atoms with Crippen molar-refractivity contribution in [3.63, 3.8) is 0 Å². The highest BCUT2D eigenvalue weighted by Crippen LogP contribution is 2.39. The van der Waals surface area contributed by atoms with Gasteiger partial charge >= 0.3 is 0 Å². The highest BCUT2D eigenvalue weighted by molar-refractivity contribution is 5.76. The summed E-state index contributed by atoms with van der Waals surface area (Å²) in [6, 6.07) is 6.47. The molecule has 0 spiro atoms. The number of aliphatic hydroxyl groups is 1. The number of aromatic nitrogens is 4. The smallest absolute Gasteiger partial charge is 0.294 e. The van der Waals surface area contributed by atoms with E-state index in [1.54, 1.807) is 45.3 Å². The van der Waals surface area contributed by atoms with Gasteiger partial charge in [0.2, 0.25) is 11.9 Å². The Kier molecular flexibility index (Phi) is 8.17. The minimum Gasteiger partial charge on any atom is -0.494 e. The van der Waals surface area contributed by atoms with Crippen molar-refractivity contribution in [3.8, 4) is 5.75 Å². The van der Waals surface area contributed by atoms with Crippen molar-refractivity contribution in [2.45, 2.75) is 19.4 Å². The molecule has 2 heterocycles. The second-order valence-corrected chi connectivity index (χ2v) is 8.86. The average Bonchev–Trinajstić information content (AvgIpc) is 2.82. The Bertz CT molecular complexity index is 1210. The molecule has 0 bridgehead atoms. The molecular formula is C23H31N9O4. The van der Waals surface area contributed by atoms with E-state index in [4.69, 9.17) is 4.74 Å². The van der Waals surface area contributed by atoms with Crippen LogP contribution in [0.25, 0.3) is 0 Å². The zero-order chi connectivity index (χ0) is 26.5. The van der Waals surface area contributed by atoms with Gasteiger partial charge in [-0.15, -0.1) is 0 Å². The largest absolute Gasteiger partial charge is 0.494 e. The van der Waals surface area contributed by atoms with E-state index in [1.165, 1.54) is 19.5 Å². The maximum atomic E-state index is 11.9. The van der Waals surface area contributed by atoms with E-state index in [9.17, 15) is 15.2 Å². The fourth-order valence-electron chi connectivity index (χ4n) is 3.40. The van der Waals surface area contributed by atoms with E-state index >= 15 is 0 Å². The fourth-order valence-corrected chi connectivity index (χ4v) is 3.40. The van der Waals surface area contributed by atoms with Crippen LogP contribution in [-0.2, 0) is 5.60 Å². The molecule has 2 aromatic heterocycles. The summed E-state index contributed by atoms with van der Waals surface area (Å²) >= 11 is 0. The van der Waals surface area contributed by atoms with Crippen LogP contribution in [0.4, 0.5) is 34.6 Å². The maximum Gasteiger partial charge on any atom is 0.294 e. The lowest BCUT2D eigenvalue weighted by atomic mass is 10.0. The molecule has 3 rings (SSSR count). The summed E-state index contributed by atoms with van der Waals surface area (Å²) in [4.78, 5) is 32.1. The molecule has 0 aliphatic carbocycles. The van der Waals surface area contributed by atoms with Gasteiger partial charge in [0.05, 0.1) is 29.1 Å². The van der Waals surface area contributed by atoms with Crippen molar-refractivity contribution in [1.29, 1.82) is 0 Å². The van der Waals surface area contributed by atoms with Crippen LogP contribution in [0, 0.1) is 10.1 Å². The summed E-state index contributed by atoms with van der Waals surface area (Å²) in [5.74, 6) is 0.723. The number of rotatable bonds is 11. The van der Waals surface area contributed by atoms with Crippen LogP contribution >= 0.6 is 0 Å². The van der Waals surface area contributed by atoms with Gasteiger partial charge in [-0.3, -0.25) is 15.1 Å². The molecule has 0 atom stereocenters. The van der Waals surface area contributed by atoms with Crippen molar-refractivity contribution in [3.05, 3.63) is 52.6 Å². The maximum absolute atomic E-state index is 11.9. The number of nitro groups is 1. The highest BCUT2D eigenvalue weighted by atomic mass is 16.6. The third-order valence-electron chi connectivity index (χ3n) is 5.24. The van der Waals surface area contributed by atoms with Gasteiger partial charge in [0.1, 0.15) is 23.4 Å². The number of ether oxygens (including phenoxy) is 1. The van der Waals surface area contributed by atoms with Crippen LogP contribution in [0.3, 0.4) is 0 Å². The number of pyridine rings is 1. The van der Waals surface area contributed by atoms with Crippen molar-refractivity contribution < 1.29 is 14.8 Å². The van der Waals surface area contributed by atoms with E-state index in [0.717, 1.165) is 6.54 Å². The molecule has 0 radical (unpaired) electrons. The molecule has 13 heteroatoms. The molecular weight excluding hydrogens is 466 g/mol. The molecule has 13 nitrogen and oxygen atoms in total. The molecule has 36 heavy (non-hydrogen) atoms. The normalized spacial score (nSPS) is 11.3. The SMILES string of the molecule is COc1cc(N(C)CCN(C)C)c([N+](=O)[O-])cc1Nc1ncnc(Nc2cccnc2C(C)(C)O)n1. The minimum atomic E-state index is -1.19. The summed E-state index contributed by atoms with van der Waals surface area (Å²) in [6.07, 6.45) is 2.88. The summed E-state index contributed by atoms with van der Waals surface area (Å²) in [7, 11) is 7.15. The zero-order valence-electron chi connectivity index (χ0n) is 21.2. The Balaban J connectivity index is 1.91. The van der Waals surface area contributed by atoms with E-state index in [-0.39, 0.29) is 17.6 Å². The van der Waals surface area contributed by atoms with Gasteiger partial charge in [0.25, 0.3) is 5.69 Å². The molecule has 0 unspecified atom stereocenters. The Morgan fingerprint density at radius 3 is 2.33 bits per heavy atom. The second-order valence-electron chi connectivity index (χ2n) is 8.86. The Labute approximate surface area is 209 Å². The van der Waals surface area contributed by atoms with Gasteiger partial charge in [-0.2, -0.15) is 4.98 Å². The topological polar surface area (TPSA) is 155 Å². The molecule has 3 N–H and O–H groups in total. The van der Waals surface area contributed by atoms with E-state index in [1.807, 2.05) is 23.9 Å². The van der Waals surface area contributed by atoms with Crippen LogP contribution < -0.4 is 20.3 Å². The second kappa shape index (κ2) is 11.1. The predicted octanol–water partition coefficient (Wildman–Crippen LogP) is 2.90. The van der Waals surface area contributed by atoms with E-state index in [2.05, 4.69) is 30.6 Å². The third kappa shape index (κ3) is 6.52. The first-order chi connectivity index (χ1) is 17.0. The van der Waals surface area contributed by atoms with Gasteiger partial charge in [-0.1, -0.05) is 0 Å². The Morgan fingerprint density at radius 1 is 1.08 bits per heavy atom. The van der Waals surface area contributed by atoms with E-state index in [0.29, 0.717) is 35.1 Å². The van der Waals surface area contributed by atoms with Crippen molar-refractivity contribution >= 4 is 34.6 Å². The van der Waals surface area contributed by atoms with Gasteiger partial charge in [0.15, 0.2) is 0 Å². The molecule has 0 saturated carbocycles. The van der Waals surface area contributed by atoms with Crippen molar-refractivity contribution in [1.82, 2.24) is 24.8 Å². The number of anilines is 5. The molecule has 0 saturated heterocycles. The number of likely N-dealkylation sites (N-methyl/N-ethyl adjacent to an activating group) is 2. The molecule has 3 aromatic rings. The van der Waals surface area contributed by atoms with Crippen LogP contribution in [0.5, 0.6) is 5.75 Å². The lowest BCUT2D eigenvalue weighted by Crippen LogP contribution is -2.29. The number of methoxy groups -OCH3 is 1. The van der Waals surface area contributed by atoms with Gasteiger partial charge in [0, 0.05) is 38.5 Å². The molecule has 192 valence electrons. The summed E-state index contributed by atoms with van der Waals surface area (Å²) in [6.45, 7) is 4.57. The first-order valence-corrected chi connectivity index (χ1v) is 11.1. The first kappa shape index (κ1) is 26.5. The summed E-state index contributed by atoms with van der Waals surface area (Å²) in [5, 5.41) is 28.3. The third-order valence-corrected chi connectivity index (χ3v) is 5.24. The standard InChI is InChI=1S/C23H31N9O4/c1-23(2,33)20-15(8-7-9-24-20)27-21-25-14-26-22(29-21)28-16-12-18(32(34)35)17(13-19(16)36-6)31(5)11-10-30(3)4/h7-9,12-14,33H,10-11H2,1-6H3,(H2,25,26,27,28,29). The molecule has 1 aromatic carbocycles. The van der Waals surface area contributed by atoms with Crippen LogP contribution in [0.15, 0.2) is 36.8 Å². The lowest BCUT2D eigenvalue weighted by Gasteiger charge is -2.22. The van der Waals surface area contributed by atoms with Crippen LogP contribution in [0.1, 0.15) is 19.5 Å². The zero-order valence-corrected chi connectivity index (χ0v) is 21.2. The van der Waals surface area contributed by atoms with Gasteiger partial charge in [-0.25, -0.2) is 9.97 Å². The van der Waals surface area contributed by atoms with Crippen molar-refractivity contribution in [2.75, 3.05) is 56.9 Å². The van der Waals surface area contributed by atoms with Crippen LogP contribution in [-0.4, -0.2) is 76.2 Å². The molecule has 0 fully saturated rings. The summed E-state index contributed by atoms with van der Waals surface area (Å²) in [5.41, 5.74) is 0.428. The minimum absolute atomic E-state index is 0.0860. The van der Waals surface area contributed by atoms with Gasteiger partial charge < -0.3 is 30.3 Å². The molecule has 0 aliphatic rings. The lowest BCUT2D eigenvalue weighted by molar-refractivity contribution is -0.384. The monoisotopic (exact) mass is 497 g/mol. The molecule has 0 aliphatic heterocycles.